The monoisotopic (exact) mass is 374 g/mol. The summed E-state index contributed by atoms with van der Waals surface area (Å²) in [5, 5.41) is 4.59. The second-order valence-corrected chi connectivity index (χ2v) is 6.68. The standard InChI is InChI=1S/C20H23ClN2O3/c1-13(2)25-18-10-7-16(19(11-18)26-14(3)4)12-22-23-20(24)15-5-8-17(21)9-6-15/h5-14H,1-4H3,(H,23,24). The van der Waals surface area contributed by atoms with E-state index in [-0.39, 0.29) is 18.1 Å². The van der Waals surface area contributed by atoms with Crippen LogP contribution in [0.5, 0.6) is 11.5 Å². The zero-order valence-electron chi connectivity index (χ0n) is 15.3. The Hall–Kier alpha value is -2.53. The zero-order valence-corrected chi connectivity index (χ0v) is 16.1. The highest BCUT2D eigenvalue weighted by Crippen LogP contribution is 2.25. The van der Waals surface area contributed by atoms with Gasteiger partial charge in [0.05, 0.1) is 18.4 Å². The predicted molar refractivity (Wildman–Crippen MR) is 104 cm³/mol. The summed E-state index contributed by atoms with van der Waals surface area (Å²) in [4.78, 5) is 12.1. The summed E-state index contributed by atoms with van der Waals surface area (Å²) in [7, 11) is 0. The number of rotatable bonds is 7. The minimum absolute atomic E-state index is 0.000100. The fourth-order valence-corrected chi connectivity index (χ4v) is 2.28. The van der Waals surface area contributed by atoms with Gasteiger partial charge in [0, 0.05) is 22.2 Å². The van der Waals surface area contributed by atoms with Crippen molar-refractivity contribution in [1.82, 2.24) is 5.43 Å². The first-order valence-corrected chi connectivity index (χ1v) is 8.79. The Morgan fingerprint density at radius 1 is 1.04 bits per heavy atom. The Labute approximate surface area is 159 Å². The average Bonchev–Trinajstić information content (AvgIpc) is 2.56. The Balaban J connectivity index is 2.12. The molecule has 0 aliphatic rings. The van der Waals surface area contributed by atoms with Gasteiger partial charge in [0.2, 0.25) is 0 Å². The van der Waals surface area contributed by atoms with Crippen LogP contribution in [0.15, 0.2) is 47.6 Å². The molecule has 0 radical (unpaired) electrons. The molecule has 0 spiro atoms. The number of hydrazone groups is 1. The van der Waals surface area contributed by atoms with Crippen molar-refractivity contribution in [2.24, 2.45) is 5.10 Å². The van der Waals surface area contributed by atoms with E-state index in [9.17, 15) is 4.79 Å². The maximum Gasteiger partial charge on any atom is 0.271 e. The number of ether oxygens (including phenoxy) is 2. The Morgan fingerprint density at radius 2 is 1.69 bits per heavy atom. The second kappa shape index (κ2) is 9.25. The van der Waals surface area contributed by atoms with E-state index in [2.05, 4.69) is 10.5 Å². The van der Waals surface area contributed by atoms with E-state index in [0.29, 0.717) is 16.3 Å². The lowest BCUT2D eigenvalue weighted by Crippen LogP contribution is -2.17. The summed E-state index contributed by atoms with van der Waals surface area (Å²) >= 11 is 5.82. The lowest BCUT2D eigenvalue weighted by molar-refractivity contribution is 0.0955. The molecule has 2 aromatic rings. The van der Waals surface area contributed by atoms with E-state index in [0.717, 1.165) is 11.3 Å². The number of nitrogens with one attached hydrogen (secondary N) is 1. The maximum absolute atomic E-state index is 12.1. The average molecular weight is 375 g/mol. The first-order valence-electron chi connectivity index (χ1n) is 8.41. The van der Waals surface area contributed by atoms with Crippen LogP contribution in [-0.4, -0.2) is 24.3 Å². The van der Waals surface area contributed by atoms with Crippen LogP contribution in [0.25, 0.3) is 0 Å². The largest absolute Gasteiger partial charge is 0.491 e. The summed E-state index contributed by atoms with van der Waals surface area (Å²) in [6, 6.07) is 12.1. The van der Waals surface area contributed by atoms with Crippen molar-refractivity contribution in [3.63, 3.8) is 0 Å². The summed E-state index contributed by atoms with van der Waals surface area (Å²) < 4.78 is 11.5. The molecule has 1 amide bonds. The van der Waals surface area contributed by atoms with Crippen molar-refractivity contribution in [3.05, 3.63) is 58.6 Å². The van der Waals surface area contributed by atoms with E-state index < -0.39 is 0 Å². The molecule has 0 bridgehead atoms. The maximum atomic E-state index is 12.1. The number of hydrogen-bond donors (Lipinski definition) is 1. The van der Waals surface area contributed by atoms with Gasteiger partial charge < -0.3 is 9.47 Å². The van der Waals surface area contributed by atoms with Crippen LogP contribution in [-0.2, 0) is 0 Å². The highest BCUT2D eigenvalue weighted by Gasteiger charge is 2.08. The van der Waals surface area contributed by atoms with E-state index in [1.165, 1.54) is 0 Å². The molecule has 0 unspecified atom stereocenters. The molecule has 0 heterocycles. The van der Waals surface area contributed by atoms with Gasteiger partial charge in [0.25, 0.3) is 5.91 Å². The van der Waals surface area contributed by atoms with Crippen LogP contribution in [0.1, 0.15) is 43.6 Å². The van der Waals surface area contributed by atoms with E-state index in [1.807, 2.05) is 45.9 Å². The third-order valence-electron chi connectivity index (χ3n) is 3.20. The molecule has 6 heteroatoms. The highest BCUT2D eigenvalue weighted by atomic mass is 35.5. The molecule has 0 aliphatic carbocycles. The first kappa shape index (κ1) is 19.8. The molecular weight excluding hydrogens is 352 g/mol. The Morgan fingerprint density at radius 3 is 2.31 bits per heavy atom. The third kappa shape index (κ3) is 6.08. The van der Waals surface area contributed by atoms with Crippen LogP contribution in [0.3, 0.4) is 0 Å². The van der Waals surface area contributed by atoms with Gasteiger partial charge in [-0.2, -0.15) is 5.10 Å². The highest BCUT2D eigenvalue weighted by molar-refractivity contribution is 6.30. The summed E-state index contributed by atoms with van der Waals surface area (Å²) in [5.74, 6) is 1.05. The molecule has 0 atom stereocenters. The third-order valence-corrected chi connectivity index (χ3v) is 3.45. The Bertz CT molecular complexity index is 771. The van der Waals surface area contributed by atoms with Crippen LogP contribution in [0, 0.1) is 0 Å². The molecule has 0 saturated carbocycles. The van der Waals surface area contributed by atoms with Crippen molar-refractivity contribution in [2.75, 3.05) is 0 Å². The van der Waals surface area contributed by atoms with E-state index in [4.69, 9.17) is 21.1 Å². The van der Waals surface area contributed by atoms with Crippen molar-refractivity contribution < 1.29 is 14.3 Å². The first-order chi connectivity index (χ1) is 12.3. The van der Waals surface area contributed by atoms with Gasteiger partial charge in [0.15, 0.2) is 0 Å². The lowest BCUT2D eigenvalue weighted by Gasteiger charge is -2.15. The number of carbonyl (C=O) groups excluding carboxylic acids is 1. The van der Waals surface area contributed by atoms with Crippen LogP contribution >= 0.6 is 11.6 Å². The number of nitrogens with zero attached hydrogens (tertiary/aromatic N) is 1. The van der Waals surface area contributed by atoms with Gasteiger partial charge in [-0.25, -0.2) is 5.43 Å². The molecule has 2 rings (SSSR count). The predicted octanol–water partition coefficient (Wildman–Crippen LogP) is 4.68. The molecule has 0 aliphatic heterocycles. The van der Waals surface area contributed by atoms with Gasteiger partial charge in [-0.15, -0.1) is 0 Å². The van der Waals surface area contributed by atoms with Gasteiger partial charge in [-0.3, -0.25) is 4.79 Å². The van der Waals surface area contributed by atoms with Crippen molar-refractivity contribution in [2.45, 2.75) is 39.9 Å². The van der Waals surface area contributed by atoms with Crippen molar-refractivity contribution >= 4 is 23.7 Å². The SMILES string of the molecule is CC(C)Oc1ccc(C=NNC(=O)c2ccc(Cl)cc2)c(OC(C)C)c1. The smallest absolute Gasteiger partial charge is 0.271 e. The van der Waals surface area contributed by atoms with Gasteiger partial charge in [-0.1, -0.05) is 11.6 Å². The van der Waals surface area contributed by atoms with Crippen molar-refractivity contribution in [1.29, 1.82) is 0 Å². The normalized spacial score (nSPS) is 11.2. The van der Waals surface area contributed by atoms with E-state index >= 15 is 0 Å². The molecule has 5 nitrogen and oxygen atoms in total. The lowest BCUT2D eigenvalue weighted by atomic mass is 10.2. The number of hydrogen-bond acceptors (Lipinski definition) is 4. The number of halogens is 1. The van der Waals surface area contributed by atoms with Gasteiger partial charge in [0.1, 0.15) is 11.5 Å². The summed E-state index contributed by atoms with van der Waals surface area (Å²) in [6.45, 7) is 7.81. The zero-order chi connectivity index (χ0) is 19.1. The summed E-state index contributed by atoms with van der Waals surface area (Å²) in [6.07, 6.45) is 1.62. The van der Waals surface area contributed by atoms with Gasteiger partial charge >= 0.3 is 0 Å². The van der Waals surface area contributed by atoms with E-state index in [1.54, 1.807) is 30.5 Å². The van der Waals surface area contributed by atoms with Crippen LogP contribution < -0.4 is 14.9 Å². The van der Waals surface area contributed by atoms with Crippen LogP contribution in [0.4, 0.5) is 0 Å². The minimum Gasteiger partial charge on any atom is -0.491 e. The molecular formula is C20H23ClN2O3. The molecule has 0 fully saturated rings. The molecule has 0 saturated heterocycles. The summed E-state index contributed by atoms with van der Waals surface area (Å²) in [5.41, 5.74) is 3.71. The number of amides is 1. The van der Waals surface area contributed by atoms with Crippen molar-refractivity contribution in [3.8, 4) is 11.5 Å². The molecule has 26 heavy (non-hydrogen) atoms. The quantitative estimate of drug-likeness (QED) is 0.565. The fourth-order valence-electron chi connectivity index (χ4n) is 2.15. The topological polar surface area (TPSA) is 59.9 Å². The Kier molecular flexibility index (Phi) is 7.04. The second-order valence-electron chi connectivity index (χ2n) is 6.24. The number of benzene rings is 2. The van der Waals surface area contributed by atoms with Gasteiger partial charge in [-0.05, 0) is 64.1 Å². The molecule has 138 valence electrons. The molecule has 0 aromatic heterocycles. The molecule has 1 N–H and O–H groups in total. The molecule has 2 aromatic carbocycles. The number of carbonyl (C=O) groups is 1. The fraction of sp³-hybridized carbons (Fsp3) is 0.300. The minimum atomic E-state index is -0.316. The van der Waals surface area contributed by atoms with Crippen LogP contribution in [0.2, 0.25) is 5.02 Å².